The number of ether oxygens (including phenoxy) is 2. The van der Waals surface area contributed by atoms with Gasteiger partial charge in [0.15, 0.2) is 11.5 Å². The second kappa shape index (κ2) is 2.10. The molecule has 0 aromatic heterocycles. The highest BCUT2D eigenvalue weighted by molar-refractivity contribution is 5.82. The summed E-state index contributed by atoms with van der Waals surface area (Å²) in [6, 6.07) is 3.81. The van der Waals surface area contributed by atoms with Crippen LogP contribution in [0.3, 0.4) is 0 Å². The van der Waals surface area contributed by atoms with Crippen LogP contribution in [-0.4, -0.2) is 6.79 Å². The molecule has 0 atom stereocenters. The van der Waals surface area contributed by atoms with Gasteiger partial charge in [-0.05, 0) is 0 Å². The van der Waals surface area contributed by atoms with Crippen molar-refractivity contribution in [2.45, 2.75) is 0 Å². The minimum Gasteiger partial charge on any atom is -0.454 e. The zero-order valence-electron chi connectivity index (χ0n) is 6.89. The molecule has 0 radical (unpaired) electrons. The lowest BCUT2D eigenvalue weighted by molar-refractivity contribution is 0.174. The van der Waals surface area contributed by atoms with Gasteiger partial charge in [-0.2, -0.15) is 0 Å². The molecule has 4 heteroatoms. The first-order valence-electron chi connectivity index (χ1n) is 3.99. The smallest absolute Gasteiger partial charge is 0.231 e. The first-order chi connectivity index (χ1) is 6.33. The van der Waals surface area contributed by atoms with Gasteiger partial charge in [-0.25, -0.2) is 0 Å². The van der Waals surface area contributed by atoms with E-state index in [9.17, 15) is 0 Å². The van der Waals surface area contributed by atoms with Crippen molar-refractivity contribution in [3.63, 3.8) is 0 Å². The fourth-order valence-corrected chi connectivity index (χ4v) is 1.51. The van der Waals surface area contributed by atoms with Crippen LogP contribution in [0.1, 0.15) is 0 Å². The number of fused-ring (bicyclic) bond motifs is 2. The molecule has 1 aromatic carbocycles. The molecule has 0 saturated carbocycles. The zero-order chi connectivity index (χ0) is 8.84. The molecular weight excluding hydrogens is 168 g/mol. The van der Waals surface area contributed by atoms with Gasteiger partial charge in [-0.3, -0.25) is 0 Å². The first-order valence-corrected chi connectivity index (χ1v) is 3.99. The molecule has 0 fully saturated rings. The van der Waals surface area contributed by atoms with Gasteiger partial charge in [0.25, 0.3) is 0 Å². The molecule has 66 valence electrons. The van der Waals surface area contributed by atoms with Crippen LogP contribution in [0.5, 0.6) is 11.5 Å². The Kier molecular flexibility index (Phi) is 1.07. The van der Waals surface area contributed by atoms with Crippen LogP contribution in [0.25, 0.3) is 0 Å². The predicted molar refractivity (Wildman–Crippen MR) is 49.0 cm³/mol. The van der Waals surface area contributed by atoms with Gasteiger partial charge in [-0.1, -0.05) is 6.58 Å². The summed E-state index contributed by atoms with van der Waals surface area (Å²) in [4.78, 5) is 0. The fourth-order valence-electron chi connectivity index (χ4n) is 1.51. The lowest BCUT2D eigenvalue weighted by atomic mass is 10.2. The van der Waals surface area contributed by atoms with E-state index < -0.39 is 0 Å². The Morgan fingerprint density at radius 1 is 1.08 bits per heavy atom. The monoisotopic (exact) mass is 176 g/mol. The highest BCUT2D eigenvalue weighted by atomic mass is 16.7. The maximum absolute atomic E-state index is 5.24. The summed E-state index contributed by atoms with van der Waals surface area (Å²) in [5.74, 6) is 2.34. The topological polar surface area (TPSA) is 42.5 Å². The summed E-state index contributed by atoms with van der Waals surface area (Å²) in [5.41, 5.74) is 1.96. The first kappa shape index (κ1) is 6.65. The summed E-state index contributed by atoms with van der Waals surface area (Å²) in [5, 5.41) is 6.17. The number of rotatable bonds is 0. The van der Waals surface area contributed by atoms with Gasteiger partial charge < -0.3 is 20.1 Å². The minimum atomic E-state index is 0.305. The van der Waals surface area contributed by atoms with Crippen molar-refractivity contribution in [3.05, 3.63) is 24.5 Å². The third-order valence-electron chi connectivity index (χ3n) is 2.08. The number of hydrogen-bond acceptors (Lipinski definition) is 4. The zero-order valence-corrected chi connectivity index (χ0v) is 6.89. The van der Waals surface area contributed by atoms with E-state index >= 15 is 0 Å². The Hall–Kier alpha value is -1.84. The van der Waals surface area contributed by atoms with E-state index in [1.807, 2.05) is 12.1 Å². The molecule has 2 heterocycles. The second-order valence-corrected chi connectivity index (χ2v) is 2.98. The molecule has 2 N–H and O–H groups in total. The van der Waals surface area contributed by atoms with Crippen LogP contribution >= 0.6 is 0 Å². The van der Waals surface area contributed by atoms with E-state index in [1.54, 1.807) is 0 Å². The highest BCUT2D eigenvalue weighted by Crippen LogP contribution is 2.42. The summed E-state index contributed by atoms with van der Waals surface area (Å²) in [7, 11) is 0. The predicted octanol–water partition coefficient (Wildman–Crippen LogP) is 1.72. The molecule has 3 rings (SSSR count). The van der Waals surface area contributed by atoms with Gasteiger partial charge >= 0.3 is 0 Å². The van der Waals surface area contributed by atoms with Gasteiger partial charge in [0.05, 0.1) is 11.4 Å². The maximum atomic E-state index is 5.24. The van der Waals surface area contributed by atoms with Crippen molar-refractivity contribution in [1.29, 1.82) is 0 Å². The van der Waals surface area contributed by atoms with Gasteiger partial charge in [0.2, 0.25) is 6.79 Å². The standard InChI is InChI=1S/C9H8N2O2/c1-5-10-6-2-8-9(13-4-12-8)3-7(6)11-5/h2-3,10-11H,1,4H2. The molecule has 4 nitrogen and oxygen atoms in total. The van der Waals surface area contributed by atoms with E-state index in [0.29, 0.717) is 6.79 Å². The average molecular weight is 176 g/mol. The second-order valence-electron chi connectivity index (χ2n) is 2.98. The third-order valence-corrected chi connectivity index (χ3v) is 2.08. The molecule has 2 aliphatic heterocycles. The number of nitrogens with one attached hydrogen (secondary N) is 2. The van der Waals surface area contributed by atoms with Crippen molar-refractivity contribution in [2.24, 2.45) is 0 Å². The summed E-state index contributed by atoms with van der Waals surface area (Å²) < 4.78 is 10.5. The van der Waals surface area contributed by atoms with E-state index in [0.717, 1.165) is 28.7 Å². The van der Waals surface area contributed by atoms with Crippen LogP contribution in [-0.2, 0) is 0 Å². The number of benzene rings is 1. The Morgan fingerprint density at radius 3 is 2.15 bits per heavy atom. The lowest BCUT2D eigenvalue weighted by Crippen LogP contribution is -1.95. The van der Waals surface area contributed by atoms with Crippen LogP contribution in [0.15, 0.2) is 24.5 Å². The highest BCUT2D eigenvalue weighted by Gasteiger charge is 2.20. The average Bonchev–Trinajstić information content (AvgIpc) is 2.63. The quantitative estimate of drug-likeness (QED) is 0.631. The van der Waals surface area contributed by atoms with E-state index in [-0.39, 0.29) is 0 Å². The molecule has 0 bridgehead atoms. The van der Waals surface area contributed by atoms with Crippen molar-refractivity contribution < 1.29 is 9.47 Å². The molecule has 13 heavy (non-hydrogen) atoms. The van der Waals surface area contributed by atoms with E-state index in [4.69, 9.17) is 9.47 Å². The normalized spacial score (nSPS) is 16.5. The fraction of sp³-hybridized carbons (Fsp3) is 0.111. The minimum absolute atomic E-state index is 0.305. The Labute approximate surface area is 75.2 Å². The van der Waals surface area contributed by atoms with Crippen LogP contribution in [0.2, 0.25) is 0 Å². The van der Waals surface area contributed by atoms with Gasteiger partial charge in [-0.15, -0.1) is 0 Å². The van der Waals surface area contributed by atoms with Crippen molar-refractivity contribution in [1.82, 2.24) is 0 Å². The molecule has 0 aliphatic carbocycles. The van der Waals surface area contributed by atoms with Crippen LogP contribution < -0.4 is 20.1 Å². The van der Waals surface area contributed by atoms with E-state index in [2.05, 4.69) is 17.2 Å². The van der Waals surface area contributed by atoms with Crippen LogP contribution in [0, 0.1) is 0 Å². The van der Waals surface area contributed by atoms with E-state index in [1.165, 1.54) is 0 Å². The maximum Gasteiger partial charge on any atom is 0.231 e. The molecule has 0 spiro atoms. The van der Waals surface area contributed by atoms with Crippen LogP contribution in [0.4, 0.5) is 11.4 Å². The Morgan fingerprint density at radius 2 is 1.62 bits per heavy atom. The molecular formula is C9H8N2O2. The summed E-state index contributed by atoms with van der Waals surface area (Å²) >= 11 is 0. The van der Waals surface area contributed by atoms with Crippen molar-refractivity contribution in [2.75, 3.05) is 17.4 Å². The Bertz CT molecular complexity index is 366. The number of anilines is 2. The van der Waals surface area contributed by atoms with Crippen molar-refractivity contribution >= 4 is 11.4 Å². The van der Waals surface area contributed by atoms with Crippen molar-refractivity contribution in [3.8, 4) is 11.5 Å². The summed E-state index contributed by atoms with van der Waals surface area (Å²) in [6.07, 6.45) is 0. The molecule has 0 saturated heterocycles. The molecule has 1 aromatic rings. The molecule has 0 unspecified atom stereocenters. The summed E-state index contributed by atoms with van der Waals surface area (Å²) in [6.45, 7) is 4.07. The number of hydrogen-bond donors (Lipinski definition) is 2. The molecule has 0 amide bonds. The van der Waals surface area contributed by atoms with Gasteiger partial charge in [0, 0.05) is 12.1 Å². The lowest BCUT2D eigenvalue weighted by Gasteiger charge is -1.99. The largest absolute Gasteiger partial charge is 0.454 e. The SMILES string of the molecule is C=C1Nc2cc3c(cc2N1)OCO3. The third kappa shape index (κ3) is 0.853. The van der Waals surface area contributed by atoms with Gasteiger partial charge in [0.1, 0.15) is 5.82 Å². The molecule has 2 aliphatic rings. The Balaban J connectivity index is 2.15.